The summed E-state index contributed by atoms with van der Waals surface area (Å²) in [5, 5.41) is 8.82. The molecule has 0 saturated heterocycles. The van der Waals surface area contributed by atoms with Crippen LogP contribution in [0.1, 0.15) is 41.0 Å². The molecule has 0 aromatic heterocycles. The van der Waals surface area contributed by atoms with E-state index in [0.29, 0.717) is 13.0 Å². The molecule has 0 saturated carbocycles. The van der Waals surface area contributed by atoms with Crippen molar-refractivity contribution in [3.63, 3.8) is 0 Å². The van der Waals surface area contributed by atoms with Crippen molar-refractivity contribution in [3.05, 3.63) is 0 Å². The molecule has 0 aromatic rings. The third-order valence-corrected chi connectivity index (χ3v) is 2.05. The number of hydrogen-bond acceptors (Lipinski definition) is 3. The molecule has 4 nitrogen and oxygen atoms in total. The maximum absolute atomic E-state index is 11.7. The Labute approximate surface area is 92.2 Å². The van der Waals surface area contributed by atoms with Gasteiger partial charge in [-0.25, -0.2) is 4.79 Å². The van der Waals surface area contributed by atoms with Crippen molar-refractivity contribution in [2.45, 2.75) is 52.7 Å². The minimum absolute atomic E-state index is 0.00912. The van der Waals surface area contributed by atoms with Gasteiger partial charge >= 0.3 is 6.09 Å². The average Bonchev–Trinajstić information content (AvgIpc) is 2.02. The topological polar surface area (TPSA) is 49.8 Å². The van der Waals surface area contributed by atoms with Gasteiger partial charge in [-0.1, -0.05) is 0 Å². The van der Waals surface area contributed by atoms with Crippen molar-refractivity contribution in [2.24, 2.45) is 0 Å². The number of carbonyl (C=O) groups is 1. The highest BCUT2D eigenvalue weighted by Crippen LogP contribution is 2.12. The molecule has 0 bridgehead atoms. The lowest BCUT2D eigenvalue weighted by Gasteiger charge is -2.30. The van der Waals surface area contributed by atoms with E-state index in [1.165, 1.54) is 0 Å². The van der Waals surface area contributed by atoms with Crippen LogP contribution in [0.2, 0.25) is 0 Å². The van der Waals surface area contributed by atoms with Gasteiger partial charge in [-0.2, -0.15) is 0 Å². The van der Waals surface area contributed by atoms with E-state index in [9.17, 15) is 4.79 Å². The summed E-state index contributed by atoms with van der Waals surface area (Å²) in [5.74, 6) is 0. The van der Waals surface area contributed by atoms with Crippen LogP contribution in [0.3, 0.4) is 0 Å². The van der Waals surface area contributed by atoms with E-state index in [-0.39, 0.29) is 18.7 Å². The first-order valence-corrected chi connectivity index (χ1v) is 5.42. The summed E-state index contributed by atoms with van der Waals surface area (Å²) in [7, 11) is 0. The zero-order valence-electron chi connectivity index (χ0n) is 10.4. The van der Waals surface area contributed by atoms with Crippen LogP contribution >= 0.6 is 0 Å². The minimum Gasteiger partial charge on any atom is -0.444 e. The molecule has 0 fully saturated rings. The summed E-state index contributed by atoms with van der Waals surface area (Å²) in [4.78, 5) is 13.4. The summed E-state index contributed by atoms with van der Waals surface area (Å²) in [6, 6.07) is 0.00912. The van der Waals surface area contributed by atoms with Crippen molar-refractivity contribution in [3.8, 4) is 0 Å². The maximum Gasteiger partial charge on any atom is 0.410 e. The molecular formula is C11H23NO3. The quantitative estimate of drug-likeness (QED) is 0.783. The predicted molar refractivity (Wildman–Crippen MR) is 59.8 cm³/mol. The van der Waals surface area contributed by atoms with Gasteiger partial charge in [0, 0.05) is 19.2 Å². The Bertz CT molecular complexity index is 198. The SMILES string of the molecule is CCN(C(=O)OC(C)(C)C)C(C)CCO. The van der Waals surface area contributed by atoms with Crippen molar-refractivity contribution in [1.29, 1.82) is 0 Å². The van der Waals surface area contributed by atoms with Crippen LogP contribution in [0.15, 0.2) is 0 Å². The van der Waals surface area contributed by atoms with Crippen molar-refractivity contribution < 1.29 is 14.6 Å². The smallest absolute Gasteiger partial charge is 0.410 e. The average molecular weight is 217 g/mol. The highest BCUT2D eigenvalue weighted by atomic mass is 16.6. The second-order valence-corrected chi connectivity index (χ2v) is 4.63. The minimum atomic E-state index is -0.469. The molecule has 0 aliphatic rings. The van der Waals surface area contributed by atoms with Crippen LogP contribution in [0, 0.1) is 0 Å². The summed E-state index contributed by atoms with van der Waals surface area (Å²) < 4.78 is 5.26. The zero-order valence-corrected chi connectivity index (χ0v) is 10.4. The van der Waals surface area contributed by atoms with Crippen molar-refractivity contribution in [2.75, 3.05) is 13.2 Å². The third-order valence-electron chi connectivity index (χ3n) is 2.05. The molecule has 0 rings (SSSR count). The van der Waals surface area contributed by atoms with Crippen molar-refractivity contribution >= 4 is 6.09 Å². The Hall–Kier alpha value is -0.770. The van der Waals surface area contributed by atoms with Gasteiger partial charge in [0.15, 0.2) is 0 Å². The Morgan fingerprint density at radius 2 is 2.00 bits per heavy atom. The van der Waals surface area contributed by atoms with Crippen molar-refractivity contribution in [1.82, 2.24) is 4.90 Å². The second-order valence-electron chi connectivity index (χ2n) is 4.63. The molecule has 4 heteroatoms. The fourth-order valence-corrected chi connectivity index (χ4v) is 1.28. The number of carbonyl (C=O) groups excluding carboxylic acids is 1. The van der Waals surface area contributed by atoms with Gasteiger partial charge in [-0.05, 0) is 41.0 Å². The lowest BCUT2D eigenvalue weighted by Crippen LogP contribution is -2.42. The Morgan fingerprint density at radius 3 is 2.33 bits per heavy atom. The molecular weight excluding hydrogens is 194 g/mol. The van der Waals surface area contributed by atoms with Gasteiger partial charge in [0.25, 0.3) is 0 Å². The maximum atomic E-state index is 11.7. The molecule has 1 N–H and O–H groups in total. The van der Waals surface area contributed by atoms with Crippen LogP contribution < -0.4 is 0 Å². The van der Waals surface area contributed by atoms with Gasteiger partial charge in [-0.3, -0.25) is 0 Å². The zero-order chi connectivity index (χ0) is 12.1. The van der Waals surface area contributed by atoms with Gasteiger partial charge < -0.3 is 14.7 Å². The van der Waals surface area contributed by atoms with Gasteiger partial charge in [0.05, 0.1) is 0 Å². The number of nitrogens with zero attached hydrogens (tertiary/aromatic N) is 1. The van der Waals surface area contributed by atoms with Crippen LogP contribution in [0.25, 0.3) is 0 Å². The number of amides is 1. The van der Waals surface area contributed by atoms with Crippen LogP contribution in [-0.2, 0) is 4.74 Å². The number of rotatable bonds is 4. The summed E-state index contributed by atoms with van der Waals surface area (Å²) in [6.45, 7) is 10.0. The third kappa shape index (κ3) is 5.62. The van der Waals surface area contributed by atoms with E-state index in [1.54, 1.807) is 4.90 Å². The Balaban J connectivity index is 4.34. The fraction of sp³-hybridized carbons (Fsp3) is 0.909. The fourth-order valence-electron chi connectivity index (χ4n) is 1.28. The summed E-state index contributed by atoms with van der Waals surface area (Å²) in [5.41, 5.74) is -0.469. The normalized spacial score (nSPS) is 13.5. The standard InChI is InChI=1S/C11H23NO3/c1-6-12(9(2)7-8-13)10(14)15-11(3,4)5/h9,13H,6-8H2,1-5H3. The van der Waals surface area contributed by atoms with E-state index in [2.05, 4.69) is 0 Å². The number of hydrogen-bond donors (Lipinski definition) is 1. The molecule has 0 heterocycles. The molecule has 1 unspecified atom stereocenters. The van der Waals surface area contributed by atoms with E-state index >= 15 is 0 Å². The molecule has 90 valence electrons. The number of ether oxygens (including phenoxy) is 1. The van der Waals surface area contributed by atoms with E-state index < -0.39 is 5.60 Å². The Kier molecular flexibility index (Phi) is 5.65. The van der Waals surface area contributed by atoms with Crippen LogP contribution in [-0.4, -0.2) is 40.9 Å². The first-order chi connectivity index (χ1) is 6.81. The number of aliphatic hydroxyl groups excluding tert-OH is 1. The highest BCUT2D eigenvalue weighted by molar-refractivity contribution is 5.68. The summed E-state index contributed by atoms with van der Waals surface area (Å²) in [6.07, 6.45) is 0.263. The first kappa shape index (κ1) is 14.2. The van der Waals surface area contributed by atoms with E-state index in [1.807, 2.05) is 34.6 Å². The molecule has 15 heavy (non-hydrogen) atoms. The van der Waals surface area contributed by atoms with Gasteiger partial charge in [0.1, 0.15) is 5.60 Å². The van der Waals surface area contributed by atoms with Crippen LogP contribution in [0.4, 0.5) is 4.79 Å². The van der Waals surface area contributed by atoms with E-state index in [4.69, 9.17) is 9.84 Å². The van der Waals surface area contributed by atoms with Crippen LogP contribution in [0.5, 0.6) is 0 Å². The largest absolute Gasteiger partial charge is 0.444 e. The monoisotopic (exact) mass is 217 g/mol. The molecule has 1 atom stereocenters. The van der Waals surface area contributed by atoms with Gasteiger partial charge in [0.2, 0.25) is 0 Å². The number of aliphatic hydroxyl groups is 1. The van der Waals surface area contributed by atoms with Gasteiger partial charge in [-0.15, -0.1) is 0 Å². The molecule has 0 aliphatic carbocycles. The highest BCUT2D eigenvalue weighted by Gasteiger charge is 2.24. The predicted octanol–water partition coefficient (Wildman–Crippen LogP) is 2.01. The molecule has 0 spiro atoms. The molecule has 0 radical (unpaired) electrons. The lowest BCUT2D eigenvalue weighted by atomic mass is 10.2. The molecule has 0 aromatic carbocycles. The molecule has 1 amide bonds. The Morgan fingerprint density at radius 1 is 1.47 bits per heavy atom. The lowest BCUT2D eigenvalue weighted by molar-refractivity contribution is 0.0168. The second kappa shape index (κ2) is 5.95. The first-order valence-electron chi connectivity index (χ1n) is 5.42. The molecule has 0 aliphatic heterocycles. The van der Waals surface area contributed by atoms with E-state index in [0.717, 1.165) is 0 Å². The summed E-state index contributed by atoms with van der Waals surface area (Å²) >= 11 is 0.